The average molecular weight is 238 g/mol. The minimum Gasteiger partial charge on any atom is -0.507 e. The molecule has 1 saturated heterocycles. The highest BCUT2D eigenvalue weighted by molar-refractivity contribution is 5.91. The molecular weight excluding hydrogens is 224 g/mol. The molecule has 1 aromatic rings. The van der Waals surface area contributed by atoms with Gasteiger partial charge >= 0.3 is 5.97 Å². The predicted molar refractivity (Wildman–Crippen MR) is 58.9 cm³/mol. The largest absolute Gasteiger partial charge is 0.507 e. The molecule has 0 bridgehead atoms. The van der Waals surface area contributed by atoms with Crippen LogP contribution in [0.2, 0.25) is 0 Å². The van der Waals surface area contributed by atoms with E-state index in [2.05, 4.69) is 0 Å². The molecule has 1 heterocycles. The number of carboxylic acid groups (broad SMARTS) is 1. The van der Waals surface area contributed by atoms with Gasteiger partial charge < -0.3 is 19.7 Å². The number of carbonyl (C=O) groups is 1. The summed E-state index contributed by atoms with van der Waals surface area (Å²) in [4.78, 5) is 10.9. The third-order valence-corrected chi connectivity index (χ3v) is 2.90. The highest BCUT2D eigenvalue weighted by Gasteiger charge is 2.39. The molecule has 1 aliphatic heterocycles. The zero-order valence-electron chi connectivity index (χ0n) is 9.47. The van der Waals surface area contributed by atoms with E-state index in [9.17, 15) is 9.90 Å². The van der Waals surface area contributed by atoms with Crippen molar-refractivity contribution in [1.29, 1.82) is 0 Å². The maximum absolute atomic E-state index is 10.9. The molecule has 2 N–H and O–H groups in total. The number of ether oxygens (including phenoxy) is 2. The van der Waals surface area contributed by atoms with E-state index in [1.54, 1.807) is 12.1 Å². The zero-order chi connectivity index (χ0) is 12.5. The number of benzene rings is 1. The maximum Gasteiger partial charge on any atom is 0.339 e. The Bertz CT molecular complexity index is 435. The molecular formula is C12H14O5. The van der Waals surface area contributed by atoms with E-state index in [4.69, 9.17) is 14.6 Å². The molecule has 1 aliphatic rings. The first kappa shape index (κ1) is 11.9. The fourth-order valence-electron chi connectivity index (χ4n) is 2.03. The molecule has 0 saturated carbocycles. The van der Waals surface area contributed by atoms with Gasteiger partial charge in [0.05, 0.1) is 18.8 Å². The minimum absolute atomic E-state index is 0.144. The lowest BCUT2D eigenvalue weighted by Crippen LogP contribution is -2.26. The lowest BCUT2D eigenvalue weighted by atomic mass is 9.99. The Morgan fingerprint density at radius 2 is 2.06 bits per heavy atom. The summed E-state index contributed by atoms with van der Waals surface area (Å²) in [6.07, 6.45) is 0.504. The van der Waals surface area contributed by atoms with Gasteiger partial charge in [-0.15, -0.1) is 0 Å². The number of rotatable bonds is 3. The number of aromatic carboxylic acids is 1. The normalized spacial score (nSPS) is 18.2. The van der Waals surface area contributed by atoms with E-state index in [1.165, 1.54) is 6.07 Å². The van der Waals surface area contributed by atoms with Crippen LogP contribution in [-0.4, -0.2) is 29.4 Å². The highest BCUT2D eigenvalue weighted by atomic mass is 16.7. The van der Waals surface area contributed by atoms with Gasteiger partial charge in [0.2, 0.25) is 0 Å². The van der Waals surface area contributed by atoms with E-state index in [-0.39, 0.29) is 11.3 Å². The Morgan fingerprint density at radius 3 is 2.59 bits per heavy atom. The molecule has 0 radical (unpaired) electrons. The Labute approximate surface area is 98.6 Å². The van der Waals surface area contributed by atoms with Crippen LogP contribution in [-0.2, 0) is 15.3 Å². The van der Waals surface area contributed by atoms with Gasteiger partial charge in [0.25, 0.3) is 0 Å². The summed E-state index contributed by atoms with van der Waals surface area (Å²) in [6.45, 7) is 2.73. The van der Waals surface area contributed by atoms with Crippen molar-refractivity contribution in [1.82, 2.24) is 0 Å². The van der Waals surface area contributed by atoms with Gasteiger partial charge in [-0.05, 0) is 12.1 Å². The van der Waals surface area contributed by atoms with E-state index >= 15 is 0 Å². The number of carboxylic acids is 1. The smallest absolute Gasteiger partial charge is 0.339 e. The first-order valence-electron chi connectivity index (χ1n) is 5.44. The van der Waals surface area contributed by atoms with E-state index in [0.29, 0.717) is 25.2 Å². The molecule has 0 unspecified atom stereocenters. The molecule has 0 amide bonds. The quantitative estimate of drug-likeness (QED) is 0.838. The van der Waals surface area contributed by atoms with Gasteiger partial charge in [0.1, 0.15) is 11.3 Å². The molecule has 2 rings (SSSR count). The second-order valence-corrected chi connectivity index (χ2v) is 3.81. The highest BCUT2D eigenvalue weighted by Crippen LogP contribution is 2.40. The summed E-state index contributed by atoms with van der Waals surface area (Å²) in [5.41, 5.74) is 0.229. The maximum atomic E-state index is 10.9. The molecule has 1 aromatic carbocycles. The number of para-hydroxylation sites is 1. The van der Waals surface area contributed by atoms with Crippen molar-refractivity contribution in [3.8, 4) is 5.75 Å². The van der Waals surface area contributed by atoms with E-state index in [0.717, 1.165) is 0 Å². The van der Waals surface area contributed by atoms with Gasteiger partial charge in [-0.25, -0.2) is 4.79 Å². The Balaban J connectivity index is 2.51. The summed E-state index contributed by atoms with van der Waals surface area (Å²) < 4.78 is 11.0. The van der Waals surface area contributed by atoms with Gasteiger partial charge in [-0.2, -0.15) is 0 Å². The molecule has 0 spiro atoms. The van der Waals surface area contributed by atoms with Crippen LogP contribution in [0.1, 0.15) is 29.3 Å². The van der Waals surface area contributed by atoms with Crippen LogP contribution >= 0.6 is 0 Å². The van der Waals surface area contributed by atoms with Crippen molar-refractivity contribution in [2.75, 3.05) is 13.2 Å². The standard InChI is InChI=1S/C12H14O5/c1-2-12(16-6-7-17-12)9-5-3-4-8(10(9)13)11(14)15/h3-5,13H,2,6-7H2,1H3,(H,14,15). The predicted octanol–water partition coefficient (Wildman–Crippen LogP) is 1.70. The van der Waals surface area contributed by atoms with Crippen LogP contribution in [0.5, 0.6) is 5.75 Å². The van der Waals surface area contributed by atoms with Crippen LogP contribution in [0.4, 0.5) is 0 Å². The van der Waals surface area contributed by atoms with Gasteiger partial charge in [-0.1, -0.05) is 13.0 Å². The zero-order valence-corrected chi connectivity index (χ0v) is 9.47. The van der Waals surface area contributed by atoms with Crippen LogP contribution in [0.15, 0.2) is 18.2 Å². The molecule has 17 heavy (non-hydrogen) atoms. The average Bonchev–Trinajstić information content (AvgIpc) is 2.78. The number of hydrogen-bond acceptors (Lipinski definition) is 4. The van der Waals surface area contributed by atoms with Crippen LogP contribution in [0.25, 0.3) is 0 Å². The van der Waals surface area contributed by atoms with Gasteiger partial charge in [0.15, 0.2) is 5.79 Å². The third kappa shape index (κ3) is 1.87. The monoisotopic (exact) mass is 238 g/mol. The molecule has 0 atom stereocenters. The van der Waals surface area contributed by atoms with Gasteiger partial charge in [0, 0.05) is 6.42 Å². The van der Waals surface area contributed by atoms with Gasteiger partial charge in [-0.3, -0.25) is 0 Å². The molecule has 5 nitrogen and oxygen atoms in total. The fraction of sp³-hybridized carbons (Fsp3) is 0.417. The summed E-state index contributed by atoms with van der Waals surface area (Å²) in [7, 11) is 0. The molecule has 0 aromatic heterocycles. The first-order valence-corrected chi connectivity index (χ1v) is 5.44. The van der Waals surface area contributed by atoms with Crippen molar-refractivity contribution in [2.45, 2.75) is 19.1 Å². The Kier molecular flexibility index (Phi) is 3.04. The molecule has 92 valence electrons. The molecule has 0 aliphatic carbocycles. The van der Waals surface area contributed by atoms with Crippen molar-refractivity contribution >= 4 is 5.97 Å². The third-order valence-electron chi connectivity index (χ3n) is 2.90. The molecule has 5 heteroatoms. The van der Waals surface area contributed by atoms with E-state index < -0.39 is 11.8 Å². The van der Waals surface area contributed by atoms with Crippen molar-refractivity contribution < 1.29 is 24.5 Å². The fourth-order valence-corrected chi connectivity index (χ4v) is 2.03. The summed E-state index contributed by atoms with van der Waals surface area (Å²) in [5, 5.41) is 18.9. The second kappa shape index (κ2) is 4.35. The molecule has 1 fully saturated rings. The van der Waals surface area contributed by atoms with Crippen LogP contribution < -0.4 is 0 Å². The SMILES string of the molecule is CCC1(c2cccc(C(=O)O)c2O)OCCO1. The second-order valence-electron chi connectivity index (χ2n) is 3.81. The Hall–Kier alpha value is -1.59. The lowest BCUT2D eigenvalue weighted by Gasteiger charge is -2.27. The number of hydrogen-bond donors (Lipinski definition) is 2. The summed E-state index contributed by atoms with van der Waals surface area (Å²) in [5.74, 6) is -2.48. The lowest BCUT2D eigenvalue weighted by molar-refractivity contribution is -0.168. The summed E-state index contributed by atoms with van der Waals surface area (Å²) in [6, 6.07) is 4.54. The van der Waals surface area contributed by atoms with Crippen LogP contribution in [0, 0.1) is 0 Å². The minimum atomic E-state index is -1.17. The van der Waals surface area contributed by atoms with E-state index in [1.807, 2.05) is 6.92 Å². The van der Waals surface area contributed by atoms with Crippen LogP contribution in [0.3, 0.4) is 0 Å². The number of phenols is 1. The number of aromatic hydroxyl groups is 1. The first-order chi connectivity index (χ1) is 8.10. The van der Waals surface area contributed by atoms with Crippen molar-refractivity contribution in [3.63, 3.8) is 0 Å². The van der Waals surface area contributed by atoms with Crippen molar-refractivity contribution in [2.24, 2.45) is 0 Å². The van der Waals surface area contributed by atoms with Crippen molar-refractivity contribution in [3.05, 3.63) is 29.3 Å². The summed E-state index contributed by atoms with van der Waals surface area (Å²) >= 11 is 0. The Morgan fingerprint density at radius 1 is 1.41 bits per heavy atom. The topological polar surface area (TPSA) is 76.0 Å².